The average Bonchev–Trinajstić information content (AvgIpc) is 3.22. The van der Waals surface area contributed by atoms with Gasteiger partial charge in [0.25, 0.3) is 0 Å². The Morgan fingerprint density at radius 2 is 1.77 bits per heavy atom. The van der Waals surface area contributed by atoms with Gasteiger partial charge in [-0.05, 0) is 55.2 Å². The molecule has 5 nitrogen and oxygen atoms in total. The van der Waals surface area contributed by atoms with Gasteiger partial charge in [0.15, 0.2) is 11.0 Å². The van der Waals surface area contributed by atoms with Crippen LogP contribution < -0.4 is 5.32 Å². The van der Waals surface area contributed by atoms with E-state index in [0.717, 1.165) is 17.8 Å². The molecule has 0 unspecified atom stereocenters. The summed E-state index contributed by atoms with van der Waals surface area (Å²) in [5.41, 5.74) is 1.66. The molecule has 1 saturated carbocycles. The van der Waals surface area contributed by atoms with E-state index in [-0.39, 0.29) is 17.5 Å². The van der Waals surface area contributed by atoms with E-state index >= 15 is 0 Å². The summed E-state index contributed by atoms with van der Waals surface area (Å²) in [5.74, 6) is 1.21. The number of benzene rings is 2. The SMILES string of the molecule is O=C(CSc1nnc(-c2ccc(F)cc2)n1-c1ccccc1)NCC1CCCCC1. The van der Waals surface area contributed by atoms with Crippen molar-refractivity contribution < 1.29 is 9.18 Å². The zero-order valence-corrected chi connectivity index (χ0v) is 17.6. The number of halogens is 1. The molecule has 3 aromatic rings. The Morgan fingerprint density at radius 1 is 1.03 bits per heavy atom. The van der Waals surface area contributed by atoms with Crippen LogP contribution >= 0.6 is 11.8 Å². The molecular formula is C23H25FN4OS. The van der Waals surface area contributed by atoms with Crippen LogP contribution in [0.1, 0.15) is 32.1 Å². The number of hydrogen-bond donors (Lipinski definition) is 1. The molecule has 1 aromatic heterocycles. The normalized spacial score (nSPS) is 14.6. The summed E-state index contributed by atoms with van der Waals surface area (Å²) >= 11 is 1.36. The van der Waals surface area contributed by atoms with Crippen LogP contribution in [-0.2, 0) is 4.79 Å². The van der Waals surface area contributed by atoms with E-state index in [9.17, 15) is 9.18 Å². The lowest BCUT2D eigenvalue weighted by atomic mass is 9.89. The molecule has 1 amide bonds. The first-order valence-corrected chi connectivity index (χ1v) is 11.4. The highest BCUT2D eigenvalue weighted by molar-refractivity contribution is 7.99. The van der Waals surface area contributed by atoms with Gasteiger partial charge in [0, 0.05) is 17.8 Å². The minimum absolute atomic E-state index is 0.0107. The van der Waals surface area contributed by atoms with E-state index in [4.69, 9.17) is 0 Å². The number of rotatable bonds is 7. The van der Waals surface area contributed by atoms with E-state index in [1.54, 1.807) is 12.1 Å². The van der Waals surface area contributed by atoms with Gasteiger partial charge >= 0.3 is 0 Å². The smallest absolute Gasteiger partial charge is 0.230 e. The number of carbonyl (C=O) groups is 1. The number of amides is 1. The minimum atomic E-state index is -0.297. The second-order valence-corrected chi connectivity index (χ2v) is 8.52. The number of thioether (sulfide) groups is 1. The van der Waals surface area contributed by atoms with E-state index in [1.165, 1.54) is 56.0 Å². The Balaban J connectivity index is 1.48. The monoisotopic (exact) mass is 424 g/mol. The second-order valence-electron chi connectivity index (χ2n) is 7.58. The Morgan fingerprint density at radius 3 is 2.50 bits per heavy atom. The highest BCUT2D eigenvalue weighted by Crippen LogP contribution is 2.28. The standard InChI is InChI=1S/C23H25FN4OS/c24-19-13-11-18(12-14-19)22-26-27-23(28(22)20-9-5-2-6-10-20)30-16-21(29)25-15-17-7-3-1-4-8-17/h2,5-6,9-14,17H,1,3-4,7-8,15-16H2,(H,25,29). The molecule has 0 spiro atoms. The molecule has 156 valence electrons. The van der Waals surface area contributed by atoms with Crippen LogP contribution in [0.3, 0.4) is 0 Å². The van der Waals surface area contributed by atoms with Crippen molar-refractivity contribution >= 4 is 17.7 Å². The van der Waals surface area contributed by atoms with Crippen LogP contribution in [0.15, 0.2) is 59.8 Å². The zero-order chi connectivity index (χ0) is 20.8. The summed E-state index contributed by atoms with van der Waals surface area (Å²) in [6.07, 6.45) is 6.25. The molecule has 1 fully saturated rings. The first-order valence-electron chi connectivity index (χ1n) is 10.4. The van der Waals surface area contributed by atoms with Gasteiger partial charge in [-0.15, -0.1) is 10.2 Å². The van der Waals surface area contributed by atoms with E-state index in [0.29, 0.717) is 16.9 Å². The lowest BCUT2D eigenvalue weighted by molar-refractivity contribution is -0.118. The van der Waals surface area contributed by atoms with Gasteiger partial charge in [0.05, 0.1) is 5.75 Å². The minimum Gasteiger partial charge on any atom is -0.355 e. The topological polar surface area (TPSA) is 59.8 Å². The Bertz CT molecular complexity index is 969. The molecule has 1 heterocycles. The molecule has 0 radical (unpaired) electrons. The van der Waals surface area contributed by atoms with E-state index < -0.39 is 0 Å². The van der Waals surface area contributed by atoms with Crippen LogP contribution in [0, 0.1) is 11.7 Å². The molecule has 1 aliphatic carbocycles. The maximum atomic E-state index is 13.4. The quantitative estimate of drug-likeness (QED) is 0.550. The van der Waals surface area contributed by atoms with Crippen molar-refractivity contribution in [2.45, 2.75) is 37.3 Å². The fourth-order valence-electron chi connectivity index (χ4n) is 3.79. The molecule has 7 heteroatoms. The van der Waals surface area contributed by atoms with Crippen LogP contribution in [0.4, 0.5) is 4.39 Å². The molecule has 2 aromatic carbocycles. The molecule has 1 N–H and O–H groups in total. The van der Waals surface area contributed by atoms with Crippen molar-refractivity contribution in [1.82, 2.24) is 20.1 Å². The van der Waals surface area contributed by atoms with E-state index in [2.05, 4.69) is 15.5 Å². The largest absolute Gasteiger partial charge is 0.355 e. The Hall–Kier alpha value is -2.67. The van der Waals surface area contributed by atoms with Gasteiger partial charge in [0.1, 0.15) is 5.82 Å². The summed E-state index contributed by atoms with van der Waals surface area (Å²) in [7, 11) is 0. The number of nitrogens with one attached hydrogen (secondary N) is 1. The van der Waals surface area contributed by atoms with Crippen LogP contribution in [0.25, 0.3) is 17.1 Å². The van der Waals surface area contributed by atoms with Gasteiger partial charge in [-0.3, -0.25) is 9.36 Å². The number of hydrogen-bond acceptors (Lipinski definition) is 4. The van der Waals surface area contributed by atoms with Crippen molar-refractivity contribution in [2.24, 2.45) is 5.92 Å². The highest BCUT2D eigenvalue weighted by Gasteiger charge is 2.18. The zero-order valence-electron chi connectivity index (χ0n) is 16.8. The molecule has 4 rings (SSSR count). The van der Waals surface area contributed by atoms with Crippen LogP contribution in [0.5, 0.6) is 0 Å². The maximum Gasteiger partial charge on any atom is 0.230 e. The first kappa shape index (κ1) is 20.6. The molecule has 0 bridgehead atoms. The fourth-order valence-corrected chi connectivity index (χ4v) is 4.57. The summed E-state index contributed by atoms with van der Waals surface area (Å²) < 4.78 is 15.3. The molecule has 0 aliphatic heterocycles. The van der Waals surface area contributed by atoms with Crippen molar-refractivity contribution in [3.63, 3.8) is 0 Å². The third kappa shape index (κ3) is 5.08. The predicted molar refractivity (Wildman–Crippen MR) is 117 cm³/mol. The summed E-state index contributed by atoms with van der Waals surface area (Å²) in [6.45, 7) is 0.756. The summed E-state index contributed by atoms with van der Waals surface area (Å²) in [6, 6.07) is 15.9. The van der Waals surface area contributed by atoms with Gasteiger partial charge in [-0.2, -0.15) is 0 Å². The van der Waals surface area contributed by atoms with Crippen molar-refractivity contribution in [2.75, 3.05) is 12.3 Å². The summed E-state index contributed by atoms with van der Waals surface area (Å²) in [4.78, 5) is 12.4. The second kappa shape index (κ2) is 9.89. The van der Waals surface area contributed by atoms with Crippen molar-refractivity contribution in [3.8, 4) is 17.1 Å². The predicted octanol–water partition coefficient (Wildman–Crippen LogP) is 4.86. The van der Waals surface area contributed by atoms with Gasteiger partial charge in [-0.25, -0.2) is 4.39 Å². The Labute approximate surface area is 180 Å². The van der Waals surface area contributed by atoms with Crippen LogP contribution in [0.2, 0.25) is 0 Å². The lowest BCUT2D eigenvalue weighted by Gasteiger charge is -2.21. The molecule has 30 heavy (non-hydrogen) atoms. The molecular weight excluding hydrogens is 399 g/mol. The number of para-hydroxylation sites is 1. The lowest BCUT2D eigenvalue weighted by Crippen LogP contribution is -2.31. The average molecular weight is 425 g/mol. The highest BCUT2D eigenvalue weighted by atomic mass is 32.2. The first-order chi connectivity index (χ1) is 14.7. The van der Waals surface area contributed by atoms with Crippen molar-refractivity contribution in [3.05, 3.63) is 60.4 Å². The fraction of sp³-hybridized carbons (Fsp3) is 0.348. The van der Waals surface area contributed by atoms with Gasteiger partial charge in [-0.1, -0.05) is 49.2 Å². The third-order valence-electron chi connectivity index (χ3n) is 5.40. The van der Waals surface area contributed by atoms with E-state index in [1.807, 2.05) is 34.9 Å². The third-order valence-corrected chi connectivity index (χ3v) is 6.32. The number of nitrogens with zero attached hydrogens (tertiary/aromatic N) is 3. The molecule has 0 saturated heterocycles. The number of aromatic nitrogens is 3. The number of carbonyl (C=O) groups excluding carboxylic acids is 1. The van der Waals surface area contributed by atoms with Gasteiger partial charge < -0.3 is 5.32 Å². The van der Waals surface area contributed by atoms with Crippen LogP contribution in [-0.4, -0.2) is 33.0 Å². The van der Waals surface area contributed by atoms with Gasteiger partial charge in [0.2, 0.25) is 5.91 Å². The Kier molecular flexibility index (Phi) is 6.79. The molecule has 0 atom stereocenters. The maximum absolute atomic E-state index is 13.4. The van der Waals surface area contributed by atoms with Crippen molar-refractivity contribution in [1.29, 1.82) is 0 Å². The summed E-state index contributed by atoms with van der Waals surface area (Å²) in [5, 5.41) is 12.3. The molecule has 1 aliphatic rings.